The van der Waals surface area contributed by atoms with Crippen LogP contribution in [0.4, 0.5) is 5.82 Å². The summed E-state index contributed by atoms with van der Waals surface area (Å²) >= 11 is 3.35. The van der Waals surface area contributed by atoms with Gasteiger partial charge >= 0.3 is 0 Å². The molecular weight excluding hydrogens is 268 g/mol. The van der Waals surface area contributed by atoms with Gasteiger partial charge in [-0.2, -0.15) is 0 Å². The summed E-state index contributed by atoms with van der Waals surface area (Å²) in [4.78, 5) is 4.23. The maximum Gasteiger partial charge on any atom is 0.169 e. The van der Waals surface area contributed by atoms with Crippen molar-refractivity contribution in [2.75, 3.05) is 11.9 Å². The molecule has 1 aromatic rings. The monoisotopic (exact) mass is 286 g/mol. The predicted molar refractivity (Wildman–Crippen MR) is 71.1 cm³/mol. The molecule has 4 heteroatoms. The molecule has 0 bridgehead atoms. The highest BCUT2D eigenvalue weighted by Crippen LogP contribution is 2.32. The zero-order chi connectivity index (χ0) is 12.2. The molecule has 0 saturated carbocycles. The summed E-state index contributed by atoms with van der Waals surface area (Å²) in [5, 5.41) is 3.31. The highest BCUT2D eigenvalue weighted by molar-refractivity contribution is 9.10. The van der Waals surface area contributed by atoms with Gasteiger partial charge in [0.1, 0.15) is 6.61 Å². The molecule has 0 atom stereocenters. The van der Waals surface area contributed by atoms with Crippen molar-refractivity contribution in [1.29, 1.82) is 0 Å². The lowest BCUT2D eigenvalue weighted by atomic mass is 10.1. The summed E-state index contributed by atoms with van der Waals surface area (Å²) in [6.07, 6.45) is 3.01. The first-order valence-electron chi connectivity index (χ1n) is 5.55. The Hall–Kier alpha value is -0.770. The zero-order valence-electron chi connectivity index (χ0n) is 10.3. The molecule has 0 spiro atoms. The minimum Gasteiger partial charge on any atom is -0.487 e. The smallest absolute Gasteiger partial charge is 0.169 e. The van der Waals surface area contributed by atoms with Crippen LogP contribution in [0.5, 0.6) is 5.75 Å². The number of hydrogen-bond donors (Lipinski definition) is 1. The second-order valence-corrected chi connectivity index (χ2v) is 5.42. The summed E-state index contributed by atoms with van der Waals surface area (Å²) in [6, 6.07) is 1.92. The second kappa shape index (κ2) is 5.53. The van der Waals surface area contributed by atoms with E-state index in [1.54, 1.807) is 6.20 Å². The first kappa shape index (κ1) is 13.3. The van der Waals surface area contributed by atoms with Gasteiger partial charge in [-0.1, -0.05) is 20.3 Å². The molecule has 90 valence electrons. The maximum absolute atomic E-state index is 5.56. The molecule has 1 aliphatic rings. The van der Waals surface area contributed by atoms with Crippen molar-refractivity contribution in [2.24, 2.45) is 0 Å². The number of hydrogen-bond acceptors (Lipinski definition) is 3. The summed E-state index contributed by atoms with van der Waals surface area (Å²) in [6.45, 7) is 9.08. The molecule has 0 fully saturated rings. The van der Waals surface area contributed by atoms with E-state index in [1.165, 1.54) is 6.42 Å². The third-order valence-electron chi connectivity index (χ3n) is 1.86. The number of rotatable bonds is 0. The van der Waals surface area contributed by atoms with Crippen molar-refractivity contribution in [1.82, 2.24) is 4.98 Å². The molecule has 1 N–H and O–H groups in total. The van der Waals surface area contributed by atoms with E-state index < -0.39 is 0 Å². The van der Waals surface area contributed by atoms with Crippen LogP contribution in [-0.4, -0.2) is 17.1 Å². The Morgan fingerprint density at radius 1 is 1.50 bits per heavy atom. The number of nitrogens with zero attached hydrogens (tertiary/aromatic N) is 1. The van der Waals surface area contributed by atoms with Gasteiger partial charge in [-0.3, -0.25) is 0 Å². The van der Waals surface area contributed by atoms with Gasteiger partial charge in [0.2, 0.25) is 0 Å². The van der Waals surface area contributed by atoms with Gasteiger partial charge in [-0.25, -0.2) is 4.98 Å². The van der Waals surface area contributed by atoms with Crippen molar-refractivity contribution < 1.29 is 4.74 Å². The van der Waals surface area contributed by atoms with E-state index in [2.05, 4.69) is 53.9 Å². The van der Waals surface area contributed by atoms with E-state index in [9.17, 15) is 0 Å². The van der Waals surface area contributed by atoms with Crippen LogP contribution in [-0.2, 0) is 0 Å². The van der Waals surface area contributed by atoms with E-state index >= 15 is 0 Å². The average molecular weight is 287 g/mol. The molecule has 0 radical (unpaired) electrons. The minimum absolute atomic E-state index is 0.0339. The lowest BCUT2D eigenvalue weighted by Crippen LogP contribution is -2.41. The van der Waals surface area contributed by atoms with Gasteiger partial charge in [0.25, 0.3) is 0 Å². The highest BCUT2D eigenvalue weighted by Gasteiger charge is 2.26. The molecule has 2 heterocycles. The Bertz CT molecular complexity index is 353. The first-order chi connectivity index (χ1) is 7.48. The van der Waals surface area contributed by atoms with Gasteiger partial charge < -0.3 is 10.1 Å². The molecule has 16 heavy (non-hydrogen) atoms. The van der Waals surface area contributed by atoms with Gasteiger partial charge in [0.05, 0.1) is 5.54 Å². The summed E-state index contributed by atoms with van der Waals surface area (Å²) in [5.41, 5.74) is -0.0339. The van der Waals surface area contributed by atoms with E-state index in [0.29, 0.717) is 6.61 Å². The van der Waals surface area contributed by atoms with Crippen molar-refractivity contribution >= 4 is 21.7 Å². The van der Waals surface area contributed by atoms with E-state index in [1.807, 2.05) is 6.07 Å². The number of ether oxygens (including phenoxy) is 1. The van der Waals surface area contributed by atoms with Crippen LogP contribution >= 0.6 is 15.9 Å². The van der Waals surface area contributed by atoms with Crippen LogP contribution in [0.3, 0.4) is 0 Å². The molecule has 0 unspecified atom stereocenters. The fraction of sp³-hybridized carbons (Fsp3) is 0.583. The van der Waals surface area contributed by atoms with Crippen LogP contribution in [0, 0.1) is 0 Å². The van der Waals surface area contributed by atoms with Crippen molar-refractivity contribution in [3.8, 4) is 5.75 Å². The van der Waals surface area contributed by atoms with Crippen LogP contribution in [0.15, 0.2) is 16.7 Å². The van der Waals surface area contributed by atoms with Gasteiger partial charge in [0, 0.05) is 10.7 Å². The average Bonchev–Trinajstić information content (AvgIpc) is 2.19. The number of nitrogens with one attached hydrogen (secondary N) is 1. The van der Waals surface area contributed by atoms with Crippen LogP contribution in [0.1, 0.15) is 34.1 Å². The summed E-state index contributed by atoms with van der Waals surface area (Å²) in [7, 11) is 0. The molecule has 2 rings (SSSR count). The number of anilines is 1. The maximum atomic E-state index is 5.56. The fourth-order valence-electron chi connectivity index (χ4n) is 1.24. The number of halogens is 1. The predicted octanol–water partition coefficient (Wildman–Crippen LogP) is 3.84. The fourth-order valence-corrected chi connectivity index (χ4v) is 1.55. The Labute approximate surface area is 106 Å². The van der Waals surface area contributed by atoms with E-state index in [0.717, 1.165) is 16.0 Å². The van der Waals surface area contributed by atoms with E-state index in [4.69, 9.17) is 4.74 Å². The largest absolute Gasteiger partial charge is 0.487 e. The number of aromatic nitrogens is 1. The molecule has 1 aromatic heterocycles. The lowest BCUT2D eigenvalue weighted by molar-refractivity contribution is 0.240. The third-order valence-corrected chi connectivity index (χ3v) is 2.30. The van der Waals surface area contributed by atoms with Crippen molar-refractivity contribution in [3.05, 3.63) is 16.7 Å². The summed E-state index contributed by atoms with van der Waals surface area (Å²) in [5.74, 6) is 1.63. The minimum atomic E-state index is -0.0339. The van der Waals surface area contributed by atoms with Crippen molar-refractivity contribution in [3.63, 3.8) is 0 Å². The quantitative estimate of drug-likeness (QED) is 0.787. The normalized spacial score (nSPS) is 16.1. The van der Waals surface area contributed by atoms with Crippen molar-refractivity contribution in [2.45, 2.75) is 39.7 Å². The van der Waals surface area contributed by atoms with Gasteiger partial charge in [0.15, 0.2) is 11.6 Å². The van der Waals surface area contributed by atoms with Gasteiger partial charge in [-0.15, -0.1) is 0 Å². The van der Waals surface area contributed by atoms with Gasteiger partial charge in [-0.05, 0) is 35.8 Å². The third kappa shape index (κ3) is 3.67. The first-order valence-corrected chi connectivity index (χ1v) is 6.34. The zero-order valence-corrected chi connectivity index (χ0v) is 11.9. The van der Waals surface area contributed by atoms with Crippen LogP contribution in [0.2, 0.25) is 0 Å². The Balaban J connectivity index is 0.000000386. The summed E-state index contributed by atoms with van der Waals surface area (Å²) < 4.78 is 6.50. The standard InChI is InChI=1S/C9H11BrN2O.C3H8/c1-9(2)5-13-7-3-6(10)4-11-8(7)12-9;1-3-2/h3-4H,5H2,1-2H3,(H,11,12);3H2,1-2H3. The second-order valence-electron chi connectivity index (χ2n) is 4.50. The Morgan fingerprint density at radius 3 is 2.75 bits per heavy atom. The number of pyridine rings is 1. The topological polar surface area (TPSA) is 34.1 Å². The molecule has 0 amide bonds. The molecule has 1 aliphatic heterocycles. The highest BCUT2D eigenvalue weighted by atomic mass is 79.9. The SMILES string of the molecule is CC1(C)COc2cc(Br)cnc2N1.CCC. The van der Waals surface area contributed by atoms with Crippen LogP contribution < -0.4 is 10.1 Å². The lowest BCUT2D eigenvalue weighted by Gasteiger charge is -2.32. The number of fused-ring (bicyclic) bond motifs is 1. The Morgan fingerprint density at radius 2 is 2.12 bits per heavy atom. The van der Waals surface area contributed by atoms with Crippen LogP contribution in [0.25, 0.3) is 0 Å². The molecule has 0 aromatic carbocycles. The molecule has 0 saturated heterocycles. The molecule has 3 nitrogen and oxygen atoms in total. The molecule has 0 aliphatic carbocycles. The molecular formula is C12H19BrN2O. The Kier molecular flexibility index (Phi) is 4.59. The van der Waals surface area contributed by atoms with E-state index in [-0.39, 0.29) is 5.54 Å².